The molecule has 6 nitrogen and oxygen atoms in total. The molecule has 0 bridgehead atoms. The summed E-state index contributed by atoms with van der Waals surface area (Å²) in [4.78, 5) is 25.3. The SMILES string of the molecule is Cc1oc(CN(C)C(=O)c2cccc(OC3CCCC3)c2)cc1C(=O)O. The van der Waals surface area contributed by atoms with Gasteiger partial charge in [-0.15, -0.1) is 0 Å². The van der Waals surface area contributed by atoms with Crippen molar-refractivity contribution in [1.82, 2.24) is 4.90 Å². The van der Waals surface area contributed by atoms with Crippen LogP contribution in [0.15, 0.2) is 34.7 Å². The smallest absolute Gasteiger partial charge is 0.339 e. The lowest BCUT2D eigenvalue weighted by Gasteiger charge is -2.17. The number of amides is 1. The van der Waals surface area contributed by atoms with E-state index in [0.29, 0.717) is 22.8 Å². The molecule has 0 atom stereocenters. The van der Waals surface area contributed by atoms with E-state index in [1.165, 1.54) is 23.8 Å². The van der Waals surface area contributed by atoms with Gasteiger partial charge in [0.1, 0.15) is 22.8 Å². The third-order valence-electron chi connectivity index (χ3n) is 4.62. The van der Waals surface area contributed by atoms with Crippen molar-refractivity contribution in [2.45, 2.75) is 45.3 Å². The monoisotopic (exact) mass is 357 g/mol. The Morgan fingerprint density at radius 3 is 2.65 bits per heavy atom. The summed E-state index contributed by atoms with van der Waals surface area (Å²) < 4.78 is 11.4. The number of furan rings is 1. The zero-order valence-corrected chi connectivity index (χ0v) is 15.0. The van der Waals surface area contributed by atoms with Crippen LogP contribution in [0.1, 0.15) is 57.9 Å². The van der Waals surface area contributed by atoms with E-state index in [4.69, 9.17) is 14.3 Å². The lowest BCUT2D eigenvalue weighted by molar-refractivity contribution is 0.0694. The normalized spacial score (nSPS) is 14.4. The zero-order chi connectivity index (χ0) is 18.7. The third-order valence-corrected chi connectivity index (χ3v) is 4.62. The van der Waals surface area contributed by atoms with Crippen molar-refractivity contribution in [3.05, 3.63) is 53.0 Å². The van der Waals surface area contributed by atoms with Gasteiger partial charge in [0.2, 0.25) is 0 Å². The maximum Gasteiger partial charge on any atom is 0.339 e. The fraction of sp³-hybridized carbons (Fsp3) is 0.400. The molecule has 1 amide bonds. The van der Waals surface area contributed by atoms with Gasteiger partial charge in [0.05, 0.1) is 12.6 Å². The van der Waals surface area contributed by atoms with Crippen molar-refractivity contribution in [3.8, 4) is 5.75 Å². The van der Waals surface area contributed by atoms with Crippen molar-refractivity contribution in [2.75, 3.05) is 7.05 Å². The number of carbonyl (C=O) groups excluding carboxylic acids is 1. The predicted octanol–water partition coefficient (Wildman–Crippen LogP) is 3.88. The van der Waals surface area contributed by atoms with E-state index in [9.17, 15) is 9.59 Å². The maximum absolute atomic E-state index is 12.7. The molecule has 26 heavy (non-hydrogen) atoms. The van der Waals surface area contributed by atoms with Crippen molar-refractivity contribution >= 4 is 11.9 Å². The molecule has 1 aliphatic rings. The van der Waals surface area contributed by atoms with Gasteiger partial charge in [-0.3, -0.25) is 4.79 Å². The Balaban J connectivity index is 1.68. The quantitative estimate of drug-likeness (QED) is 0.849. The van der Waals surface area contributed by atoms with Crippen LogP contribution in [0.4, 0.5) is 0 Å². The van der Waals surface area contributed by atoms with Crippen molar-refractivity contribution < 1.29 is 23.8 Å². The highest BCUT2D eigenvalue weighted by molar-refractivity contribution is 5.94. The van der Waals surface area contributed by atoms with Gasteiger partial charge in [-0.1, -0.05) is 6.07 Å². The molecule has 3 rings (SSSR count). The Labute approximate surface area is 152 Å². The summed E-state index contributed by atoms with van der Waals surface area (Å²) in [7, 11) is 1.66. The van der Waals surface area contributed by atoms with E-state index in [1.54, 1.807) is 26.1 Å². The van der Waals surface area contributed by atoms with Gasteiger partial charge in [0, 0.05) is 12.6 Å². The second-order valence-electron chi connectivity index (χ2n) is 6.70. The summed E-state index contributed by atoms with van der Waals surface area (Å²) in [5.41, 5.74) is 0.651. The van der Waals surface area contributed by atoms with Crippen LogP contribution in [0.5, 0.6) is 5.75 Å². The van der Waals surface area contributed by atoms with E-state index in [1.807, 2.05) is 12.1 Å². The minimum atomic E-state index is -1.04. The Morgan fingerprint density at radius 2 is 2.00 bits per heavy atom. The largest absolute Gasteiger partial charge is 0.490 e. The van der Waals surface area contributed by atoms with Gasteiger partial charge in [-0.25, -0.2) is 4.79 Å². The minimum absolute atomic E-state index is 0.118. The molecule has 138 valence electrons. The third kappa shape index (κ3) is 4.07. The number of hydrogen-bond acceptors (Lipinski definition) is 4. The number of benzene rings is 1. The number of rotatable bonds is 6. The lowest BCUT2D eigenvalue weighted by Crippen LogP contribution is -2.26. The number of hydrogen-bond donors (Lipinski definition) is 1. The van der Waals surface area contributed by atoms with Gasteiger partial charge >= 0.3 is 5.97 Å². The number of aryl methyl sites for hydroxylation is 1. The number of ether oxygens (including phenoxy) is 1. The first kappa shape index (κ1) is 18.0. The molecule has 0 saturated heterocycles. The fourth-order valence-corrected chi connectivity index (χ4v) is 3.26. The van der Waals surface area contributed by atoms with Gasteiger partial charge in [0.15, 0.2) is 0 Å². The van der Waals surface area contributed by atoms with Gasteiger partial charge in [-0.2, -0.15) is 0 Å². The first-order valence-electron chi connectivity index (χ1n) is 8.79. The van der Waals surface area contributed by atoms with E-state index >= 15 is 0 Å². The van der Waals surface area contributed by atoms with E-state index in [2.05, 4.69) is 0 Å². The number of carbonyl (C=O) groups is 2. The molecule has 6 heteroatoms. The topological polar surface area (TPSA) is 80.0 Å². The van der Waals surface area contributed by atoms with Crippen LogP contribution in [-0.2, 0) is 6.54 Å². The molecule has 1 heterocycles. The van der Waals surface area contributed by atoms with E-state index in [-0.39, 0.29) is 24.1 Å². The van der Waals surface area contributed by atoms with E-state index < -0.39 is 5.97 Å². The molecular weight excluding hydrogens is 334 g/mol. The molecule has 1 aliphatic carbocycles. The molecule has 1 aromatic carbocycles. The lowest BCUT2D eigenvalue weighted by atomic mass is 10.2. The fourth-order valence-electron chi connectivity index (χ4n) is 3.26. The Morgan fingerprint density at radius 1 is 1.27 bits per heavy atom. The Kier molecular flexibility index (Phi) is 5.30. The molecule has 0 radical (unpaired) electrons. The van der Waals surface area contributed by atoms with E-state index in [0.717, 1.165) is 12.8 Å². The summed E-state index contributed by atoms with van der Waals surface area (Å²) in [5.74, 6) is 0.267. The van der Waals surface area contributed by atoms with Crippen molar-refractivity contribution in [2.24, 2.45) is 0 Å². The minimum Gasteiger partial charge on any atom is -0.490 e. The van der Waals surface area contributed by atoms with Gasteiger partial charge in [0.25, 0.3) is 5.91 Å². The summed E-state index contributed by atoms with van der Waals surface area (Å²) in [6.45, 7) is 1.79. The zero-order valence-electron chi connectivity index (χ0n) is 15.0. The summed E-state index contributed by atoms with van der Waals surface area (Å²) in [6, 6.07) is 8.64. The summed E-state index contributed by atoms with van der Waals surface area (Å²) >= 11 is 0. The van der Waals surface area contributed by atoms with Crippen LogP contribution in [0.3, 0.4) is 0 Å². The van der Waals surface area contributed by atoms with Crippen LogP contribution >= 0.6 is 0 Å². The van der Waals surface area contributed by atoms with Gasteiger partial charge < -0.3 is 19.2 Å². The van der Waals surface area contributed by atoms with Crippen LogP contribution in [0.25, 0.3) is 0 Å². The van der Waals surface area contributed by atoms with Crippen LogP contribution in [0, 0.1) is 6.92 Å². The highest BCUT2D eigenvalue weighted by Gasteiger charge is 2.20. The first-order chi connectivity index (χ1) is 12.4. The second-order valence-corrected chi connectivity index (χ2v) is 6.70. The number of nitrogens with zero attached hydrogens (tertiary/aromatic N) is 1. The van der Waals surface area contributed by atoms with Crippen molar-refractivity contribution in [1.29, 1.82) is 0 Å². The average molecular weight is 357 g/mol. The maximum atomic E-state index is 12.7. The molecular formula is C20H23NO5. The molecule has 1 N–H and O–H groups in total. The highest BCUT2D eigenvalue weighted by Crippen LogP contribution is 2.25. The Bertz CT molecular complexity index is 804. The van der Waals surface area contributed by atoms with Crippen LogP contribution in [-0.4, -0.2) is 35.0 Å². The van der Waals surface area contributed by atoms with Crippen LogP contribution in [0.2, 0.25) is 0 Å². The molecule has 2 aromatic rings. The number of carboxylic acids is 1. The molecule has 1 fully saturated rings. The average Bonchev–Trinajstić information content (AvgIpc) is 3.24. The molecule has 0 unspecified atom stereocenters. The predicted molar refractivity (Wildman–Crippen MR) is 95.5 cm³/mol. The summed E-state index contributed by atoms with van der Waals surface area (Å²) in [6.07, 6.45) is 4.72. The standard InChI is InChI=1S/C20H23NO5/c1-13-18(20(23)24)11-17(25-13)12-21(2)19(22)14-6-5-9-16(10-14)26-15-7-3-4-8-15/h5-6,9-11,15H,3-4,7-8,12H2,1-2H3,(H,23,24). The second kappa shape index (κ2) is 7.64. The molecule has 1 saturated carbocycles. The summed E-state index contributed by atoms with van der Waals surface area (Å²) in [5, 5.41) is 9.09. The molecule has 0 aliphatic heterocycles. The highest BCUT2D eigenvalue weighted by atomic mass is 16.5. The first-order valence-corrected chi connectivity index (χ1v) is 8.79. The van der Waals surface area contributed by atoms with Crippen LogP contribution < -0.4 is 4.74 Å². The number of carboxylic acid groups (broad SMARTS) is 1. The number of aromatic carboxylic acids is 1. The molecule has 1 aromatic heterocycles. The van der Waals surface area contributed by atoms with Gasteiger partial charge in [-0.05, 0) is 56.9 Å². The van der Waals surface area contributed by atoms with Crippen molar-refractivity contribution in [3.63, 3.8) is 0 Å². The Hall–Kier alpha value is -2.76. The molecule has 0 spiro atoms.